The number of nitrogens with zero attached hydrogens (tertiary/aromatic N) is 2. The molecule has 0 unspecified atom stereocenters. The molecular formula is C30H23ClF3N3O6. The Morgan fingerprint density at radius 1 is 1.00 bits per heavy atom. The Morgan fingerprint density at radius 2 is 1.67 bits per heavy atom. The molecule has 43 heavy (non-hydrogen) atoms. The number of halogens is 4. The molecule has 1 amide bonds. The molecule has 0 radical (unpaired) electrons. The number of ketones is 1. The molecule has 0 aliphatic heterocycles. The molecule has 13 heteroatoms. The summed E-state index contributed by atoms with van der Waals surface area (Å²) < 4.78 is 45.4. The fourth-order valence-corrected chi connectivity index (χ4v) is 4.39. The van der Waals surface area contributed by atoms with Gasteiger partial charge in [-0.1, -0.05) is 41.9 Å². The first-order valence-electron chi connectivity index (χ1n) is 12.6. The van der Waals surface area contributed by atoms with E-state index in [1.54, 1.807) is 30.3 Å². The van der Waals surface area contributed by atoms with Gasteiger partial charge in [-0.05, 0) is 60.5 Å². The van der Waals surface area contributed by atoms with Crippen LogP contribution >= 0.6 is 11.6 Å². The summed E-state index contributed by atoms with van der Waals surface area (Å²) in [4.78, 5) is 50.5. The van der Waals surface area contributed by atoms with Gasteiger partial charge in [-0.25, -0.2) is 9.48 Å². The van der Waals surface area contributed by atoms with E-state index in [-0.39, 0.29) is 39.4 Å². The zero-order valence-electron chi connectivity index (χ0n) is 22.4. The second-order valence-corrected chi connectivity index (χ2v) is 9.81. The molecule has 0 fully saturated rings. The first-order valence-corrected chi connectivity index (χ1v) is 13.0. The number of carboxylic acid groups (broad SMARTS) is 1. The van der Waals surface area contributed by atoms with Crippen LogP contribution in [0.15, 0.2) is 83.7 Å². The summed E-state index contributed by atoms with van der Waals surface area (Å²) in [5.74, 6) is -3.04. The molecule has 0 saturated carbocycles. The highest BCUT2D eigenvalue weighted by Crippen LogP contribution is 2.34. The number of anilines is 1. The van der Waals surface area contributed by atoms with E-state index >= 15 is 0 Å². The summed E-state index contributed by atoms with van der Waals surface area (Å²) >= 11 is 6.11. The van der Waals surface area contributed by atoms with Gasteiger partial charge >= 0.3 is 12.1 Å². The van der Waals surface area contributed by atoms with E-state index in [4.69, 9.17) is 21.4 Å². The highest BCUT2D eigenvalue weighted by molar-refractivity contribution is 6.31. The largest absolute Gasteiger partial charge is 0.478 e. The molecule has 1 heterocycles. The van der Waals surface area contributed by atoms with Crippen molar-refractivity contribution in [2.24, 2.45) is 0 Å². The topological polar surface area (TPSA) is 128 Å². The second-order valence-electron chi connectivity index (χ2n) is 9.37. The van der Waals surface area contributed by atoms with Gasteiger partial charge in [-0.2, -0.15) is 13.2 Å². The van der Waals surface area contributed by atoms with Crippen LogP contribution in [-0.2, 0) is 11.2 Å². The number of nitrogens with one attached hydrogen (secondary N) is 1. The van der Waals surface area contributed by atoms with Crippen LogP contribution in [0.4, 0.5) is 18.9 Å². The number of carboxylic acids is 1. The first-order chi connectivity index (χ1) is 20.3. The van der Waals surface area contributed by atoms with E-state index in [2.05, 4.69) is 10.4 Å². The minimum atomic E-state index is -4.78. The van der Waals surface area contributed by atoms with Crippen molar-refractivity contribution >= 4 is 34.9 Å². The number of rotatable bonds is 10. The maximum absolute atomic E-state index is 13.5. The van der Waals surface area contributed by atoms with E-state index in [9.17, 15) is 32.3 Å². The van der Waals surface area contributed by atoms with Gasteiger partial charge in [0.2, 0.25) is 11.8 Å². The average Bonchev–Trinajstić information content (AvgIpc) is 2.95. The van der Waals surface area contributed by atoms with Gasteiger partial charge in [0.25, 0.3) is 5.56 Å². The summed E-state index contributed by atoms with van der Waals surface area (Å²) in [6, 6.07) is 17.4. The first kappa shape index (κ1) is 31.0. The Labute approximate surface area is 247 Å². The molecule has 4 aromatic rings. The van der Waals surface area contributed by atoms with Crippen LogP contribution in [0.2, 0.25) is 5.02 Å². The molecule has 0 aliphatic carbocycles. The van der Waals surface area contributed by atoms with Crippen molar-refractivity contribution < 1.29 is 37.4 Å². The molecule has 4 rings (SSSR count). The van der Waals surface area contributed by atoms with Crippen LogP contribution in [0.25, 0.3) is 11.1 Å². The van der Waals surface area contributed by atoms with Gasteiger partial charge in [-0.3, -0.25) is 14.4 Å². The van der Waals surface area contributed by atoms with Gasteiger partial charge in [0.05, 0.1) is 11.1 Å². The number of Topliss-reactive ketones (excluding diaryl/α,β-unsaturated/α-hetero) is 1. The predicted octanol–water partition coefficient (Wildman–Crippen LogP) is 5.83. The number of aromatic carboxylic acids is 1. The van der Waals surface area contributed by atoms with Crippen molar-refractivity contribution in [2.75, 3.05) is 11.9 Å². The molecule has 0 bridgehead atoms. The fraction of sp³-hybridized carbons (Fsp3) is 0.167. The van der Waals surface area contributed by atoms with Crippen molar-refractivity contribution in [2.45, 2.75) is 25.6 Å². The fourth-order valence-electron chi connectivity index (χ4n) is 4.22. The molecule has 2 N–H and O–H groups in total. The van der Waals surface area contributed by atoms with Crippen LogP contribution in [0, 0.1) is 0 Å². The zero-order chi connectivity index (χ0) is 31.3. The van der Waals surface area contributed by atoms with Gasteiger partial charge in [0.1, 0.15) is 6.04 Å². The normalized spacial score (nSPS) is 11.9. The predicted molar refractivity (Wildman–Crippen MR) is 152 cm³/mol. The van der Waals surface area contributed by atoms with Crippen LogP contribution in [0.5, 0.6) is 5.88 Å². The number of amides is 1. The monoisotopic (exact) mass is 613 g/mol. The van der Waals surface area contributed by atoms with E-state index in [0.29, 0.717) is 10.2 Å². The highest BCUT2D eigenvalue weighted by Gasteiger charge is 2.31. The summed E-state index contributed by atoms with van der Waals surface area (Å²) in [6.07, 6.45) is -4.87. The van der Waals surface area contributed by atoms with Crippen LogP contribution in [-0.4, -0.2) is 45.3 Å². The molecule has 222 valence electrons. The molecule has 0 spiro atoms. The summed E-state index contributed by atoms with van der Waals surface area (Å²) in [7, 11) is 0. The average molecular weight is 614 g/mol. The standard InChI is InChI=1S/C30H23ClF3N3O6/c1-17(38)22-12-9-20(31)14-23(22)24-15-26(39)37(36-28(24)43-16-30(32,33)34)25(13-18-5-3-2-4-6-18)27(40)35-21-10-7-19(8-11-21)29(41)42/h2-12,14-15,25H,13,16H2,1H3,(H,35,40)(H,41,42)/t25-/m0/s1. The number of ether oxygens (including phenoxy) is 1. The molecule has 9 nitrogen and oxygen atoms in total. The van der Waals surface area contributed by atoms with Gasteiger partial charge in [-0.15, -0.1) is 5.10 Å². The number of hydrogen-bond acceptors (Lipinski definition) is 6. The maximum Gasteiger partial charge on any atom is 0.422 e. The minimum Gasteiger partial charge on any atom is -0.478 e. The third kappa shape index (κ3) is 7.86. The second kappa shape index (κ2) is 12.9. The number of carbonyl (C=O) groups excluding carboxylic acids is 2. The maximum atomic E-state index is 13.5. The molecule has 0 aliphatic rings. The van der Waals surface area contributed by atoms with E-state index in [1.165, 1.54) is 49.4 Å². The lowest BCUT2D eigenvalue weighted by Crippen LogP contribution is -2.37. The van der Waals surface area contributed by atoms with Gasteiger partial charge < -0.3 is 15.2 Å². The van der Waals surface area contributed by atoms with Crippen LogP contribution < -0.4 is 15.6 Å². The lowest BCUT2D eigenvalue weighted by Gasteiger charge is -2.21. The molecule has 3 aromatic carbocycles. The number of carbonyl (C=O) groups is 3. The lowest BCUT2D eigenvalue weighted by molar-refractivity contribution is -0.154. The third-order valence-corrected chi connectivity index (χ3v) is 6.45. The number of hydrogen-bond donors (Lipinski definition) is 2. The third-order valence-electron chi connectivity index (χ3n) is 6.22. The zero-order valence-corrected chi connectivity index (χ0v) is 23.1. The van der Waals surface area contributed by atoms with E-state index in [0.717, 1.165) is 6.07 Å². The summed E-state index contributed by atoms with van der Waals surface area (Å²) in [5, 5.41) is 15.9. The quantitative estimate of drug-likeness (QED) is 0.216. The number of alkyl halides is 3. The van der Waals surface area contributed by atoms with Crippen LogP contribution in [0.1, 0.15) is 39.2 Å². The van der Waals surface area contributed by atoms with Crippen molar-refractivity contribution in [1.82, 2.24) is 9.78 Å². The van der Waals surface area contributed by atoms with Crippen LogP contribution in [0.3, 0.4) is 0 Å². The molecular weight excluding hydrogens is 591 g/mol. The van der Waals surface area contributed by atoms with E-state index in [1.807, 2.05) is 0 Å². The Bertz CT molecular complexity index is 1720. The summed E-state index contributed by atoms with van der Waals surface area (Å²) in [6.45, 7) is -0.534. The number of benzene rings is 3. The molecule has 1 atom stereocenters. The molecule has 0 saturated heterocycles. The van der Waals surface area contributed by atoms with Gasteiger partial charge in [0.15, 0.2) is 12.4 Å². The van der Waals surface area contributed by atoms with Crippen molar-refractivity contribution in [3.05, 3.63) is 111 Å². The van der Waals surface area contributed by atoms with E-state index < -0.39 is 47.9 Å². The molecule has 1 aromatic heterocycles. The minimum absolute atomic E-state index is 0.0234. The van der Waals surface area contributed by atoms with Gasteiger partial charge in [0, 0.05) is 28.8 Å². The smallest absolute Gasteiger partial charge is 0.422 e. The highest BCUT2D eigenvalue weighted by atomic mass is 35.5. The lowest BCUT2D eigenvalue weighted by atomic mass is 9.98. The Hall–Kier alpha value is -4.97. The SMILES string of the molecule is CC(=O)c1ccc(Cl)cc1-c1cc(=O)n([C@@H](Cc2ccccc2)C(=O)Nc2ccc(C(=O)O)cc2)nc1OCC(F)(F)F. The Kier molecular flexibility index (Phi) is 9.30. The van der Waals surface area contributed by atoms with Crippen molar-refractivity contribution in [3.63, 3.8) is 0 Å². The summed E-state index contributed by atoms with van der Waals surface area (Å²) in [5.41, 5.74) is -0.225. The van der Waals surface area contributed by atoms with Crippen molar-refractivity contribution in [3.8, 4) is 17.0 Å². The number of aromatic nitrogens is 2. The van der Waals surface area contributed by atoms with Crippen molar-refractivity contribution in [1.29, 1.82) is 0 Å². The Morgan fingerprint density at radius 3 is 2.28 bits per heavy atom. The Balaban J connectivity index is 1.85.